The molecule has 0 aromatic heterocycles. The molecule has 2 atom stereocenters. The molecule has 1 heterocycles. The molecule has 0 saturated heterocycles. The van der Waals surface area contributed by atoms with Gasteiger partial charge in [0.25, 0.3) is 5.91 Å². The topological polar surface area (TPSA) is 49.9 Å². The van der Waals surface area contributed by atoms with Gasteiger partial charge in [-0.05, 0) is 80.4 Å². The molecule has 3 aromatic carbocycles. The maximum Gasteiger partial charge on any atom is 0.258 e. The molecule has 0 unspecified atom stereocenters. The van der Waals surface area contributed by atoms with Crippen LogP contribution in [0.4, 0.5) is 11.4 Å². The summed E-state index contributed by atoms with van der Waals surface area (Å²) in [5.74, 6) is 0.294. The molecule has 170 valence electrons. The van der Waals surface area contributed by atoms with Crippen molar-refractivity contribution in [1.82, 2.24) is 0 Å². The van der Waals surface area contributed by atoms with Gasteiger partial charge < -0.3 is 14.5 Å². The Morgan fingerprint density at radius 1 is 1.03 bits per heavy atom. The molecule has 2 amide bonds. The Hall–Kier alpha value is -3.31. The molecule has 4 rings (SSSR count). The molecule has 1 aliphatic heterocycles. The molecule has 3 aromatic rings. The van der Waals surface area contributed by atoms with Crippen LogP contribution in [0, 0.1) is 0 Å². The maximum absolute atomic E-state index is 13.7. The lowest BCUT2D eigenvalue weighted by Crippen LogP contribution is -2.46. The number of amides is 2. The third-order valence-corrected chi connectivity index (χ3v) is 6.42. The third kappa shape index (κ3) is 4.46. The largest absolute Gasteiger partial charge is 0.497 e. The van der Waals surface area contributed by atoms with E-state index in [0.717, 1.165) is 16.9 Å². The predicted octanol–water partition coefficient (Wildman–Crippen LogP) is 5.92. The molecule has 5 nitrogen and oxygen atoms in total. The van der Waals surface area contributed by atoms with Crippen LogP contribution in [-0.4, -0.2) is 31.5 Å². The Kier molecular flexibility index (Phi) is 6.70. The minimum absolute atomic E-state index is 0.0238. The Labute approximate surface area is 199 Å². The fraction of sp³-hybridized carbons (Fsp3) is 0.259. The molecule has 0 N–H and O–H groups in total. The number of carbonyl (C=O) groups is 2. The van der Waals surface area contributed by atoms with Crippen LogP contribution in [0.2, 0.25) is 5.02 Å². The van der Waals surface area contributed by atoms with Gasteiger partial charge in [-0.3, -0.25) is 9.59 Å². The molecule has 0 bridgehead atoms. The second-order valence-electron chi connectivity index (χ2n) is 8.16. The minimum atomic E-state index is -0.341. The number of ether oxygens (including phenoxy) is 1. The van der Waals surface area contributed by atoms with Gasteiger partial charge in [0.15, 0.2) is 0 Å². The van der Waals surface area contributed by atoms with E-state index in [9.17, 15) is 9.59 Å². The highest BCUT2D eigenvalue weighted by Gasteiger charge is 2.38. The highest BCUT2D eigenvalue weighted by molar-refractivity contribution is 6.30. The normalized spacial score (nSPS) is 17.3. The molecule has 0 saturated carbocycles. The predicted molar refractivity (Wildman–Crippen MR) is 133 cm³/mol. The third-order valence-electron chi connectivity index (χ3n) is 6.16. The standard InChI is InChI=1S/C27H27ClN2O3/c1-4-29(21-13-11-20(28)12-14-21)27(32)24-17-18(2)30(25-8-6-5-7-23(24)25)26(31)19-9-15-22(33-3)16-10-19/h5-16,18,24H,4,17H2,1-3H3/t18-,24-/m1/s1. The fourth-order valence-electron chi connectivity index (χ4n) is 4.50. The Morgan fingerprint density at radius 2 is 1.70 bits per heavy atom. The lowest BCUT2D eigenvalue weighted by Gasteiger charge is -2.40. The van der Waals surface area contributed by atoms with Gasteiger partial charge in [-0.2, -0.15) is 0 Å². The summed E-state index contributed by atoms with van der Waals surface area (Å²) in [4.78, 5) is 30.8. The minimum Gasteiger partial charge on any atom is -0.497 e. The summed E-state index contributed by atoms with van der Waals surface area (Å²) < 4.78 is 5.21. The van der Waals surface area contributed by atoms with Crippen molar-refractivity contribution in [2.45, 2.75) is 32.2 Å². The number of hydrogen-bond donors (Lipinski definition) is 0. The van der Waals surface area contributed by atoms with Gasteiger partial charge in [0.2, 0.25) is 5.91 Å². The van der Waals surface area contributed by atoms with Crippen LogP contribution >= 0.6 is 11.6 Å². The summed E-state index contributed by atoms with van der Waals surface area (Å²) in [5, 5.41) is 0.631. The summed E-state index contributed by atoms with van der Waals surface area (Å²) in [6.45, 7) is 4.50. The van der Waals surface area contributed by atoms with Gasteiger partial charge in [0, 0.05) is 34.5 Å². The molecular formula is C27H27ClN2O3. The second-order valence-corrected chi connectivity index (χ2v) is 8.60. The van der Waals surface area contributed by atoms with Gasteiger partial charge in [-0.25, -0.2) is 0 Å². The second kappa shape index (κ2) is 9.67. The lowest BCUT2D eigenvalue weighted by molar-refractivity contribution is -0.120. The fourth-order valence-corrected chi connectivity index (χ4v) is 4.63. The van der Waals surface area contributed by atoms with E-state index in [1.807, 2.05) is 50.2 Å². The first kappa shape index (κ1) is 22.9. The van der Waals surface area contributed by atoms with E-state index < -0.39 is 0 Å². The van der Waals surface area contributed by atoms with Gasteiger partial charge in [0.05, 0.1) is 13.0 Å². The van der Waals surface area contributed by atoms with Crippen LogP contribution in [0.15, 0.2) is 72.8 Å². The van der Waals surface area contributed by atoms with Crippen molar-refractivity contribution in [2.24, 2.45) is 0 Å². The van der Waals surface area contributed by atoms with E-state index in [4.69, 9.17) is 16.3 Å². The highest BCUT2D eigenvalue weighted by atomic mass is 35.5. The monoisotopic (exact) mass is 462 g/mol. The van der Waals surface area contributed by atoms with Crippen LogP contribution in [0.25, 0.3) is 0 Å². The number of anilines is 2. The first-order chi connectivity index (χ1) is 15.9. The smallest absolute Gasteiger partial charge is 0.258 e. The average Bonchev–Trinajstić information content (AvgIpc) is 2.84. The zero-order valence-electron chi connectivity index (χ0n) is 19.0. The average molecular weight is 463 g/mol. The van der Waals surface area contributed by atoms with Crippen LogP contribution in [0.5, 0.6) is 5.75 Å². The van der Waals surface area contributed by atoms with Crippen LogP contribution in [0.3, 0.4) is 0 Å². The highest BCUT2D eigenvalue weighted by Crippen LogP contribution is 2.40. The van der Waals surface area contributed by atoms with Crippen molar-refractivity contribution in [3.05, 3.63) is 88.9 Å². The lowest BCUT2D eigenvalue weighted by atomic mass is 9.84. The number of para-hydroxylation sites is 1. The zero-order chi connectivity index (χ0) is 23.5. The van der Waals surface area contributed by atoms with E-state index in [-0.39, 0.29) is 23.8 Å². The summed E-state index contributed by atoms with van der Waals surface area (Å²) in [6.07, 6.45) is 0.543. The number of carbonyl (C=O) groups excluding carboxylic acids is 2. The number of likely N-dealkylation sites (N-methyl/N-ethyl adjacent to an activating group) is 1. The molecule has 0 fully saturated rings. The van der Waals surface area contributed by atoms with Crippen molar-refractivity contribution >= 4 is 34.8 Å². The van der Waals surface area contributed by atoms with E-state index in [1.165, 1.54) is 0 Å². The van der Waals surface area contributed by atoms with Crippen molar-refractivity contribution in [3.63, 3.8) is 0 Å². The molecule has 6 heteroatoms. The van der Waals surface area contributed by atoms with Crippen LogP contribution in [0.1, 0.15) is 42.1 Å². The first-order valence-electron chi connectivity index (χ1n) is 11.1. The van der Waals surface area contributed by atoms with Crippen LogP contribution < -0.4 is 14.5 Å². The number of rotatable bonds is 5. The summed E-state index contributed by atoms with van der Waals surface area (Å²) in [5.41, 5.74) is 3.05. The number of benzene rings is 3. The Bertz CT molecular complexity index is 1140. The maximum atomic E-state index is 13.7. The van der Waals surface area contributed by atoms with Crippen LogP contribution in [-0.2, 0) is 4.79 Å². The molecular weight excluding hydrogens is 436 g/mol. The van der Waals surface area contributed by atoms with Crippen molar-refractivity contribution in [1.29, 1.82) is 0 Å². The van der Waals surface area contributed by atoms with Gasteiger partial charge in [-0.15, -0.1) is 0 Å². The van der Waals surface area contributed by atoms with Crippen molar-refractivity contribution in [3.8, 4) is 5.75 Å². The number of nitrogens with zero attached hydrogens (tertiary/aromatic N) is 2. The molecule has 0 aliphatic carbocycles. The van der Waals surface area contributed by atoms with Crippen molar-refractivity contribution in [2.75, 3.05) is 23.5 Å². The molecule has 0 spiro atoms. The number of fused-ring (bicyclic) bond motifs is 1. The van der Waals surface area contributed by atoms with Gasteiger partial charge >= 0.3 is 0 Å². The van der Waals surface area contributed by atoms with Gasteiger partial charge in [0.1, 0.15) is 5.75 Å². The summed E-state index contributed by atoms with van der Waals surface area (Å²) in [7, 11) is 1.60. The van der Waals surface area contributed by atoms with Gasteiger partial charge in [-0.1, -0.05) is 29.8 Å². The van der Waals surface area contributed by atoms with E-state index in [1.54, 1.807) is 53.3 Å². The number of halogens is 1. The molecule has 0 radical (unpaired) electrons. The Morgan fingerprint density at radius 3 is 2.33 bits per heavy atom. The zero-order valence-corrected chi connectivity index (χ0v) is 19.8. The SMILES string of the molecule is CCN(C(=O)[C@@H]1C[C@@H](C)N(C(=O)c2ccc(OC)cc2)c2ccccc21)c1ccc(Cl)cc1. The summed E-state index contributed by atoms with van der Waals surface area (Å²) >= 11 is 6.04. The van der Waals surface area contributed by atoms with E-state index in [2.05, 4.69) is 0 Å². The van der Waals surface area contributed by atoms with E-state index >= 15 is 0 Å². The molecule has 1 aliphatic rings. The Balaban J connectivity index is 1.68. The summed E-state index contributed by atoms with van der Waals surface area (Å²) in [6, 6.07) is 22.0. The number of methoxy groups -OCH3 is 1. The molecule has 33 heavy (non-hydrogen) atoms. The van der Waals surface area contributed by atoms with E-state index in [0.29, 0.717) is 29.3 Å². The quantitative estimate of drug-likeness (QED) is 0.472. The van der Waals surface area contributed by atoms with Crippen molar-refractivity contribution < 1.29 is 14.3 Å². The first-order valence-corrected chi connectivity index (χ1v) is 11.5. The number of hydrogen-bond acceptors (Lipinski definition) is 3.